The van der Waals surface area contributed by atoms with E-state index in [1.165, 1.54) is 7.11 Å². The highest BCUT2D eigenvalue weighted by atomic mass is 19.2. The van der Waals surface area contributed by atoms with Crippen LogP contribution < -0.4 is 4.74 Å². The molecule has 4 heteroatoms. The van der Waals surface area contributed by atoms with Gasteiger partial charge in [0.1, 0.15) is 5.75 Å². The van der Waals surface area contributed by atoms with Gasteiger partial charge < -0.3 is 4.74 Å². The Hall–Kier alpha value is -1.45. The summed E-state index contributed by atoms with van der Waals surface area (Å²) in [5.41, 5.74) is -0.546. The Morgan fingerprint density at radius 3 is 2.29 bits per heavy atom. The topological polar surface area (TPSA) is 26.3 Å². The molecule has 0 aliphatic heterocycles. The minimum Gasteiger partial charge on any atom is -0.496 e. The Labute approximate surface area is 99.6 Å². The van der Waals surface area contributed by atoms with Crippen molar-refractivity contribution in [2.75, 3.05) is 7.11 Å². The number of carbonyl (C=O) groups is 1. The van der Waals surface area contributed by atoms with Crippen molar-refractivity contribution in [3.63, 3.8) is 0 Å². The number of methoxy groups -OCH3 is 1. The summed E-state index contributed by atoms with van der Waals surface area (Å²) in [6.07, 6.45) is 0.605. The first-order valence-electron chi connectivity index (χ1n) is 5.41. The van der Waals surface area contributed by atoms with Crippen molar-refractivity contribution in [2.45, 2.75) is 27.2 Å². The summed E-state index contributed by atoms with van der Waals surface area (Å²) in [6.45, 7) is 5.39. The van der Waals surface area contributed by atoms with Crippen LogP contribution in [0.25, 0.3) is 0 Å². The fraction of sp³-hybridized carbons (Fsp3) is 0.462. The summed E-state index contributed by atoms with van der Waals surface area (Å²) in [5.74, 6) is -2.25. The second-order valence-corrected chi connectivity index (χ2v) is 4.53. The van der Waals surface area contributed by atoms with Crippen LogP contribution in [0.15, 0.2) is 12.1 Å². The van der Waals surface area contributed by atoms with Crippen molar-refractivity contribution < 1.29 is 18.3 Å². The maximum Gasteiger partial charge on any atom is 0.172 e. The molecule has 1 aromatic rings. The van der Waals surface area contributed by atoms with Gasteiger partial charge in [0.15, 0.2) is 17.4 Å². The van der Waals surface area contributed by atoms with E-state index in [0.717, 1.165) is 12.1 Å². The molecule has 0 fully saturated rings. The smallest absolute Gasteiger partial charge is 0.172 e. The van der Waals surface area contributed by atoms with Crippen molar-refractivity contribution in [2.24, 2.45) is 5.41 Å². The van der Waals surface area contributed by atoms with Crippen molar-refractivity contribution in [1.82, 2.24) is 0 Å². The van der Waals surface area contributed by atoms with Crippen LogP contribution in [0.1, 0.15) is 37.6 Å². The average molecular weight is 242 g/mol. The highest BCUT2D eigenvalue weighted by Gasteiger charge is 2.29. The van der Waals surface area contributed by atoms with Gasteiger partial charge in [-0.3, -0.25) is 4.79 Å². The highest BCUT2D eigenvalue weighted by Crippen LogP contribution is 2.31. The zero-order valence-electron chi connectivity index (χ0n) is 10.4. The molecule has 0 aliphatic rings. The summed E-state index contributed by atoms with van der Waals surface area (Å²) in [5, 5.41) is 0. The third kappa shape index (κ3) is 2.62. The fourth-order valence-electron chi connectivity index (χ4n) is 1.40. The lowest BCUT2D eigenvalue weighted by molar-refractivity contribution is 0.0829. The van der Waals surface area contributed by atoms with Crippen LogP contribution in [-0.4, -0.2) is 12.9 Å². The van der Waals surface area contributed by atoms with E-state index in [0.29, 0.717) is 6.42 Å². The molecule has 1 rings (SSSR count). The van der Waals surface area contributed by atoms with Crippen LogP contribution in [0.4, 0.5) is 8.78 Å². The van der Waals surface area contributed by atoms with Crippen LogP contribution in [0, 0.1) is 17.0 Å². The number of ether oxygens (including phenoxy) is 1. The van der Waals surface area contributed by atoms with Gasteiger partial charge in [0.2, 0.25) is 0 Å². The molecule has 0 bridgehead atoms. The van der Waals surface area contributed by atoms with Crippen LogP contribution in [-0.2, 0) is 0 Å². The highest BCUT2D eigenvalue weighted by molar-refractivity contribution is 6.02. The van der Waals surface area contributed by atoms with Crippen molar-refractivity contribution in [3.8, 4) is 5.75 Å². The molecule has 0 saturated carbocycles. The van der Waals surface area contributed by atoms with Crippen molar-refractivity contribution >= 4 is 5.78 Å². The molecule has 94 valence electrons. The SMILES string of the molecule is CCC(C)(C)C(=O)c1cc(F)c(F)cc1OC. The molecule has 0 radical (unpaired) electrons. The molecule has 0 atom stereocenters. The molecule has 0 saturated heterocycles. The molecule has 0 amide bonds. The number of hydrogen-bond acceptors (Lipinski definition) is 2. The van der Waals surface area contributed by atoms with Crippen LogP contribution >= 0.6 is 0 Å². The molecule has 1 aromatic carbocycles. The molecular weight excluding hydrogens is 226 g/mol. The molecule has 0 N–H and O–H groups in total. The van der Waals surface area contributed by atoms with E-state index >= 15 is 0 Å². The Morgan fingerprint density at radius 2 is 1.82 bits per heavy atom. The molecular formula is C13H16F2O2. The Morgan fingerprint density at radius 1 is 1.29 bits per heavy atom. The maximum atomic E-state index is 13.2. The summed E-state index contributed by atoms with van der Waals surface area (Å²) in [7, 11) is 1.32. The Balaban J connectivity index is 3.31. The van der Waals surface area contributed by atoms with Gasteiger partial charge in [0.05, 0.1) is 12.7 Å². The number of benzene rings is 1. The quantitative estimate of drug-likeness (QED) is 0.754. The lowest BCUT2D eigenvalue weighted by Gasteiger charge is -2.22. The van der Waals surface area contributed by atoms with E-state index in [1.807, 2.05) is 6.92 Å². The largest absolute Gasteiger partial charge is 0.496 e. The Kier molecular flexibility index (Phi) is 3.86. The second-order valence-electron chi connectivity index (χ2n) is 4.53. The molecule has 2 nitrogen and oxygen atoms in total. The number of hydrogen-bond donors (Lipinski definition) is 0. The van der Waals surface area contributed by atoms with Gasteiger partial charge in [0.25, 0.3) is 0 Å². The monoisotopic (exact) mass is 242 g/mol. The van der Waals surface area contributed by atoms with E-state index in [1.54, 1.807) is 13.8 Å². The minimum atomic E-state index is -1.04. The summed E-state index contributed by atoms with van der Waals surface area (Å²) in [6, 6.07) is 1.79. The van der Waals surface area contributed by atoms with Crippen molar-refractivity contribution in [1.29, 1.82) is 0 Å². The van der Waals surface area contributed by atoms with Crippen LogP contribution in [0.2, 0.25) is 0 Å². The molecule has 17 heavy (non-hydrogen) atoms. The van der Waals surface area contributed by atoms with Gasteiger partial charge in [-0.1, -0.05) is 20.8 Å². The average Bonchev–Trinajstić information content (AvgIpc) is 2.31. The normalized spacial score (nSPS) is 11.4. The third-order valence-corrected chi connectivity index (χ3v) is 2.99. The number of Topliss-reactive ketones (excluding diaryl/α,β-unsaturated/α-hetero) is 1. The van der Waals surface area contributed by atoms with Crippen molar-refractivity contribution in [3.05, 3.63) is 29.3 Å². The third-order valence-electron chi connectivity index (χ3n) is 2.99. The van der Waals surface area contributed by atoms with E-state index in [9.17, 15) is 13.6 Å². The maximum absolute atomic E-state index is 13.2. The zero-order valence-corrected chi connectivity index (χ0v) is 10.4. The molecule has 0 aromatic heterocycles. The number of carbonyl (C=O) groups excluding carboxylic acids is 1. The van der Waals surface area contributed by atoms with Gasteiger partial charge in [-0.2, -0.15) is 0 Å². The molecule has 0 spiro atoms. The van der Waals surface area contributed by atoms with Gasteiger partial charge in [-0.15, -0.1) is 0 Å². The number of ketones is 1. The number of halogens is 2. The first-order valence-corrected chi connectivity index (χ1v) is 5.41. The fourth-order valence-corrected chi connectivity index (χ4v) is 1.40. The van der Waals surface area contributed by atoms with Gasteiger partial charge in [0, 0.05) is 11.5 Å². The molecule has 0 heterocycles. The van der Waals surface area contributed by atoms with Crippen LogP contribution in [0.5, 0.6) is 5.75 Å². The standard InChI is InChI=1S/C13H16F2O2/c1-5-13(2,3)12(16)8-6-9(14)10(15)7-11(8)17-4/h6-7H,5H2,1-4H3. The summed E-state index contributed by atoms with van der Waals surface area (Å²) < 4.78 is 31.1. The van der Waals surface area contributed by atoms with E-state index < -0.39 is 17.0 Å². The van der Waals surface area contributed by atoms with Crippen LogP contribution in [0.3, 0.4) is 0 Å². The molecule has 0 aliphatic carbocycles. The lowest BCUT2D eigenvalue weighted by atomic mass is 9.81. The van der Waals surface area contributed by atoms with Gasteiger partial charge in [-0.05, 0) is 12.5 Å². The lowest BCUT2D eigenvalue weighted by Crippen LogP contribution is -2.24. The van der Waals surface area contributed by atoms with E-state index in [4.69, 9.17) is 4.74 Å². The molecule has 0 unspecified atom stereocenters. The van der Waals surface area contributed by atoms with E-state index in [2.05, 4.69) is 0 Å². The zero-order chi connectivity index (χ0) is 13.2. The predicted octanol–water partition coefficient (Wildman–Crippen LogP) is 3.59. The summed E-state index contributed by atoms with van der Waals surface area (Å²) >= 11 is 0. The minimum absolute atomic E-state index is 0.0652. The first-order chi connectivity index (χ1) is 7.83. The Bertz CT molecular complexity index is 439. The second kappa shape index (κ2) is 4.82. The van der Waals surface area contributed by atoms with E-state index in [-0.39, 0.29) is 17.1 Å². The van der Waals surface area contributed by atoms with Gasteiger partial charge >= 0.3 is 0 Å². The first kappa shape index (κ1) is 13.6. The predicted molar refractivity (Wildman–Crippen MR) is 61.3 cm³/mol. The number of rotatable bonds is 4. The summed E-state index contributed by atoms with van der Waals surface area (Å²) in [4.78, 5) is 12.2. The van der Waals surface area contributed by atoms with Gasteiger partial charge in [-0.25, -0.2) is 8.78 Å².